The topological polar surface area (TPSA) is 35.5 Å². The maximum absolute atomic E-state index is 13.6. The number of ether oxygens (including phenoxy) is 2. The third-order valence-corrected chi connectivity index (χ3v) is 7.88. The van der Waals surface area contributed by atoms with E-state index in [4.69, 9.17) is 9.47 Å². The minimum atomic E-state index is -0.821. The van der Waals surface area contributed by atoms with Crippen molar-refractivity contribution in [3.63, 3.8) is 0 Å². The molecule has 3 aliphatic rings. The second-order valence-corrected chi connectivity index (χ2v) is 9.58. The standard InChI is InChI=1S/C25H30NO3/c1-25(17-10-6-4-7-11-17,18-12-8-5-9-13-18)24(27)29-19-14-21-20-16-28-23(20)22(15-19)26(21,2)3/h4-13,19-23H,14-16H2,1-3H3/q+1/t19-,20?,21?,22?,23?/m0/s1. The molecule has 2 aromatic carbocycles. The van der Waals surface area contributed by atoms with Crippen LogP contribution >= 0.6 is 0 Å². The van der Waals surface area contributed by atoms with Crippen LogP contribution in [0.3, 0.4) is 0 Å². The zero-order valence-corrected chi connectivity index (χ0v) is 17.5. The highest BCUT2D eigenvalue weighted by Crippen LogP contribution is 2.50. The predicted octanol–water partition coefficient (Wildman–Crippen LogP) is 3.54. The first-order valence-corrected chi connectivity index (χ1v) is 10.7. The quantitative estimate of drug-likeness (QED) is 0.590. The van der Waals surface area contributed by atoms with Crippen molar-refractivity contribution in [2.45, 2.75) is 49.5 Å². The Labute approximate surface area is 173 Å². The van der Waals surface area contributed by atoms with E-state index < -0.39 is 5.41 Å². The van der Waals surface area contributed by atoms with Gasteiger partial charge in [0, 0.05) is 12.8 Å². The normalized spacial score (nSPS) is 32.2. The number of fused-ring (bicyclic) bond motifs is 5. The van der Waals surface area contributed by atoms with Crippen molar-refractivity contribution < 1.29 is 18.8 Å². The van der Waals surface area contributed by atoms with Crippen molar-refractivity contribution in [2.75, 3.05) is 20.7 Å². The van der Waals surface area contributed by atoms with Crippen molar-refractivity contribution in [2.24, 2.45) is 5.92 Å². The van der Waals surface area contributed by atoms with Gasteiger partial charge in [0.05, 0.1) is 26.6 Å². The van der Waals surface area contributed by atoms with E-state index in [1.165, 1.54) is 0 Å². The third-order valence-electron chi connectivity index (χ3n) is 7.88. The van der Waals surface area contributed by atoms with Crippen LogP contribution in [0.2, 0.25) is 0 Å². The molecule has 5 rings (SSSR count). The average Bonchev–Trinajstić information content (AvgIpc) is 2.79. The second kappa shape index (κ2) is 6.68. The number of piperidine rings is 1. The van der Waals surface area contributed by atoms with Gasteiger partial charge >= 0.3 is 5.97 Å². The van der Waals surface area contributed by atoms with Crippen LogP contribution < -0.4 is 0 Å². The molecule has 2 aromatic rings. The zero-order chi connectivity index (χ0) is 20.2. The van der Waals surface area contributed by atoms with Crippen molar-refractivity contribution in [1.82, 2.24) is 0 Å². The Morgan fingerprint density at radius 3 is 2.00 bits per heavy atom. The van der Waals surface area contributed by atoms with Crippen LogP contribution in [0.5, 0.6) is 0 Å². The molecule has 2 bridgehead atoms. The van der Waals surface area contributed by atoms with Gasteiger partial charge in [-0.2, -0.15) is 0 Å². The molecule has 152 valence electrons. The maximum atomic E-state index is 13.6. The molecule has 0 saturated carbocycles. The van der Waals surface area contributed by atoms with Crippen molar-refractivity contribution >= 4 is 5.97 Å². The SMILES string of the molecule is CC(C(=O)O[C@H]1CC2C3COC3C(C1)[N+]2(C)C)(c1ccccc1)c1ccccc1. The first-order chi connectivity index (χ1) is 13.9. The molecular formula is C25H30NO3+. The van der Waals surface area contributed by atoms with Gasteiger partial charge < -0.3 is 14.0 Å². The van der Waals surface area contributed by atoms with E-state index in [1.807, 2.05) is 67.6 Å². The van der Waals surface area contributed by atoms with E-state index in [9.17, 15) is 4.79 Å². The predicted molar refractivity (Wildman–Crippen MR) is 111 cm³/mol. The number of esters is 1. The van der Waals surface area contributed by atoms with Crippen LogP contribution in [0.4, 0.5) is 0 Å². The Hall–Kier alpha value is -2.17. The van der Waals surface area contributed by atoms with Gasteiger partial charge in [0.2, 0.25) is 0 Å². The van der Waals surface area contributed by atoms with Crippen molar-refractivity contribution in [3.8, 4) is 0 Å². The van der Waals surface area contributed by atoms with E-state index in [0.29, 0.717) is 24.1 Å². The van der Waals surface area contributed by atoms with Gasteiger partial charge in [-0.25, -0.2) is 0 Å². The monoisotopic (exact) mass is 392 g/mol. The van der Waals surface area contributed by atoms with Gasteiger partial charge in [-0.3, -0.25) is 4.79 Å². The molecule has 0 aromatic heterocycles. The molecule has 0 N–H and O–H groups in total. The summed E-state index contributed by atoms with van der Waals surface area (Å²) in [6, 6.07) is 20.9. The van der Waals surface area contributed by atoms with Gasteiger partial charge in [-0.15, -0.1) is 0 Å². The lowest BCUT2D eigenvalue weighted by molar-refractivity contribution is -0.933. The number of hydrogen-bond donors (Lipinski definition) is 0. The van der Waals surface area contributed by atoms with Crippen molar-refractivity contribution in [3.05, 3.63) is 71.8 Å². The number of likely N-dealkylation sites (N-methyl/N-ethyl adjacent to an activating group) is 1. The third kappa shape index (κ3) is 2.77. The number of quaternary nitrogens is 1. The smallest absolute Gasteiger partial charge is 0.321 e. The Balaban J connectivity index is 1.43. The highest BCUT2D eigenvalue weighted by atomic mass is 16.5. The van der Waals surface area contributed by atoms with Gasteiger partial charge in [0.25, 0.3) is 0 Å². The molecule has 0 spiro atoms. The molecule has 4 heteroatoms. The number of carbonyl (C=O) groups excluding carboxylic acids is 1. The van der Waals surface area contributed by atoms with Crippen LogP contribution in [0.15, 0.2) is 60.7 Å². The molecule has 5 atom stereocenters. The molecule has 4 nitrogen and oxygen atoms in total. The Morgan fingerprint density at radius 1 is 0.966 bits per heavy atom. The lowest BCUT2D eigenvalue weighted by atomic mass is 9.76. The summed E-state index contributed by atoms with van der Waals surface area (Å²) >= 11 is 0. The molecule has 3 aliphatic heterocycles. The molecule has 0 amide bonds. The van der Waals surface area contributed by atoms with E-state index in [1.54, 1.807) is 0 Å². The molecular weight excluding hydrogens is 362 g/mol. The highest BCUT2D eigenvalue weighted by Gasteiger charge is 2.65. The molecule has 29 heavy (non-hydrogen) atoms. The van der Waals surface area contributed by atoms with E-state index in [0.717, 1.165) is 35.1 Å². The largest absolute Gasteiger partial charge is 0.461 e. The van der Waals surface area contributed by atoms with Gasteiger partial charge in [0.15, 0.2) is 0 Å². The molecule has 0 radical (unpaired) electrons. The Kier molecular flexibility index (Phi) is 4.34. The van der Waals surface area contributed by atoms with Crippen LogP contribution in [-0.2, 0) is 19.7 Å². The van der Waals surface area contributed by atoms with Gasteiger partial charge in [0.1, 0.15) is 29.7 Å². The zero-order valence-electron chi connectivity index (χ0n) is 17.5. The summed E-state index contributed by atoms with van der Waals surface area (Å²) in [5.74, 6) is 0.466. The summed E-state index contributed by atoms with van der Waals surface area (Å²) in [6.45, 7) is 2.85. The number of benzene rings is 2. The minimum absolute atomic E-state index is 0.0374. The fourth-order valence-corrected chi connectivity index (χ4v) is 5.96. The number of hydrogen-bond acceptors (Lipinski definition) is 3. The van der Waals surface area contributed by atoms with Crippen LogP contribution in [-0.4, -0.2) is 55.4 Å². The molecule has 0 aliphatic carbocycles. The summed E-state index contributed by atoms with van der Waals surface area (Å²) in [4.78, 5) is 13.6. The van der Waals surface area contributed by atoms with Crippen LogP contribution in [0, 0.1) is 5.92 Å². The van der Waals surface area contributed by atoms with E-state index in [2.05, 4.69) is 14.1 Å². The first-order valence-electron chi connectivity index (χ1n) is 10.7. The maximum Gasteiger partial charge on any atom is 0.321 e. The molecule has 3 saturated heterocycles. The summed E-state index contributed by atoms with van der Waals surface area (Å²) in [6.07, 6.45) is 2.12. The van der Waals surface area contributed by atoms with Crippen LogP contribution in [0.25, 0.3) is 0 Å². The number of rotatable bonds is 4. The first kappa shape index (κ1) is 18.8. The Bertz CT molecular complexity index is 833. The second-order valence-electron chi connectivity index (χ2n) is 9.58. The highest BCUT2D eigenvalue weighted by molar-refractivity contribution is 5.87. The molecule has 3 heterocycles. The molecule has 3 fully saturated rings. The fourth-order valence-electron chi connectivity index (χ4n) is 5.96. The van der Waals surface area contributed by atoms with E-state index in [-0.39, 0.29) is 12.1 Å². The fraction of sp³-hybridized carbons (Fsp3) is 0.480. The summed E-state index contributed by atoms with van der Waals surface area (Å²) in [5.41, 5.74) is 1.11. The molecule has 4 unspecified atom stereocenters. The summed E-state index contributed by atoms with van der Waals surface area (Å²) in [7, 11) is 4.63. The van der Waals surface area contributed by atoms with Gasteiger partial charge in [-0.05, 0) is 18.1 Å². The minimum Gasteiger partial charge on any atom is -0.461 e. The average molecular weight is 393 g/mol. The lowest BCUT2D eigenvalue weighted by Gasteiger charge is -2.44. The number of carbonyl (C=O) groups is 1. The van der Waals surface area contributed by atoms with Crippen molar-refractivity contribution in [1.29, 1.82) is 0 Å². The summed E-state index contributed by atoms with van der Waals surface area (Å²) < 4.78 is 13.2. The number of nitrogens with zero attached hydrogens (tertiary/aromatic N) is 1. The van der Waals surface area contributed by atoms with E-state index >= 15 is 0 Å². The summed E-state index contributed by atoms with van der Waals surface area (Å²) in [5, 5.41) is 0. The van der Waals surface area contributed by atoms with Crippen LogP contribution in [0.1, 0.15) is 30.9 Å². The Morgan fingerprint density at radius 2 is 1.52 bits per heavy atom. The lowest BCUT2D eigenvalue weighted by Crippen LogP contribution is -2.58. The van der Waals surface area contributed by atoms with Gasteiger partial charge in [-0.1, -0.05) is 60.7 Å².